The maximum absolute atomic E-state index is 12.5. The number of hydrogen-bond acceptors (Lipinski definition) is 1. The normalized spacial score (nSPS) is 38.4. The molecule has 1 aromatic carbocycles. The molecule has 1 aromatic rings. The number of hydrogen-bond donors (Lipinski definition) is 0. The smallest absolute Gasteiger partial charge is 0.167 e. The summed E-state index contributed by atoms with van der Waals surface area (Å²) >= 11 is 0. The van der Waals surface area contributed by atoms with E-state index in [4.69, 9.17) is 0 Å². The van der Waals surface area contributed by atoms with Crippen molar-refractivity contribution in [3.8, 4) is 0 Å². The fourth-order valence-corrected chi connectivity index (χ4v) is 4.27. The molecule has 3 aliphatic carbocycles. The van der Waals surface area contributed by atoms with Gasteiger partial charge in [0, 0.05) is 11.5 Å². The van der Waals surface area contributed by atoms with E-state index in [2.05, 4.69) is 18.2 Å². The lowest BCUT2D eigenvalue weighted by Crippen LogP contribution is -2.23. The number of benzene rings is 1. The van der Waals surface area contributed by atoms with Crippen LogP contribution in [0.3, 0.4) is 0 Å². The van der Waals surface area contributed by atoms with Crippen molar-refractivity contribution in [1.29, 1.82) is 0 Å². The molecule has 3 aliphatic rings. The van der Waals surface area contributed by atoms with Crippen LogP contribution in [0.5, 0.6) is 0 Å². The Hall–Kier alpha value is -1.37. The topological polar surface area (TPSA) is 17.1 Å². The monoisotopic (exact) mass is 224 g/mol. The molecular formula is C16H16O. The van der Waals surface area contributed by atoms with Gasteiger partial charge in [-0.3, -0.25) is 4.79 Å². The Bertz CT molecular complexity index is 500. The summed E-state index contributed by atoms with van der Waals surface area (Å²) in [5.74, 6) is 2.82. The molecule has 1 nitrogen and oxygen atoms in total. The summed E-state index contributed by atoms with van der Waals surface area (Å²) in [6.07, 6.45) is 6.22. The van der Waals surface area contributed by atoms with Crippen molar-refractivity contribution in [2.24, 2.45) is 23.7 Å². The van der Waals surface area contributed by atoms with Gasteiger partial charge in [-0.15, -0.1) is 0 Å². The number of allylic oxidation sites excluding steroid dienone is 2. The maximum atomic E-state index is 12.5. The molecule has 0 N–H and O–H groups in total. The molecule has 2 bridgehead atoms. The Balaban J connectivity index is 1.75. The van der Waals surface area contributed by atoms with E-state index in [-0.39, 0.29) is 0 Å². The molecule has 4 atom stereocenters. The molecule has 1 heteroatoms. The first kappa shape index (κ1) is 9.64. The minimum absolute atomic E-state index is 0.337. The van der Waals surface area contributed by atoms with Crippen molar-refractivity contribution >= 4 is 11.4 Å². The van der Waals surface area contributed by atoms with Crippen LogP contribution in [0.15, 0.2) is 36.4 Å². The summed E-state index contributed by atoms with van der Waals surface area (Å²) < 4.78 is 0. The molecule has 86 valence electrons. The highest BCUT2D eigenvalue weighted by Crippen LogP contribution is 2.57. The number of rotatable bonds is 1. The van der Waals surface area contributed by atoms with Gasteiger partial charge in [-0.2, -0.15) is 0 Å². The van der Waals surface area contributed by atoms with E-state index in [1.807, 2.05) is 18.2 Å². The fourth-order valence-electron chi connectivity index (χ4n) is 4.27. The van der Waals surface area contributed by atoms with Crippen molar-refractivity contribution in [2.75, 3.05) is 0 Å². The van der Waals surface area contributed by atoms with Crippen molar-refractivity contribution in [1.82, 2.24) is 0 Å². The number of carbonyl (C=O) groups is 1. The second-order valence-electron chi connectivity index (χ2n) is 5.75. The minimum atomic E-state index is 0.337. The fraction of sp³-hybridized carbons (Fsp3) is 0.438. The summed E-state index contributed by atoms with van der Waals surface area (Å²) in [6.45, 7) is 0. The van der Waals surface area contributed by atoms with Crippen LogP contribution in [-0.4, -0.2) is 5.78 Å². The van der Waals surface area contributed by atoms with E-state index in [1.54, 1.807) is 0 Å². The molecule has 0 aromatic heterocycles. The second-order valence-corrected chi connectivity index (χ2v) is 5.75. The van der Waals surface area contributed by atoms with E-state index in [1.165, 1.54) is 19.3 Å². The van der Waals surface area contributed by atoms with Crippen LogP contribution in [0.2, 0.25) is 0 Å². The van der Waals surface area contributed by atoms with E-state index in [0.717, 1.165) is 17.1 Å². The van der Waals surface area contributed by atoms with Gasteiger partial charge in [0.25, 0.3) is 0 Å². The highest BCUT2D eigenvalue weighted by atomic mass is 16.1. The maximum Gasteiger partial charge on any atom is 0.167 e. The van der Waals surface area contributed by atoms with Gasteiger partial charge in [0.1, 0.15) is 0 Å². The quantitative estimate of drug-likeness (QED) is 0.715. The van der Waals surface area contributed by atoms with E-state index in [0.29, 0.717) is 23.5 Å². The van der Waals surface area contributed by atoms with Crippen LogP contribution in [-0.2, 0) is 4.79 Å². The first-order valence-electron chi connectivity index (χ1n) is 6.66. The summed E-state index contributed by atoms with van der Waals surface area (Å²) in [6, 6.07) is 10.2. The Labute approximate surface area is 102 Å². The highest BCUT2D eigenvalue weighted by molar-refractivity contribution is 6.24. The van der Waals surface area contributed by atoms with Gasteiger partial charge in [-0.05, 0) is 42.6 Å². The Morgan fingerprint density at radius 1 is 1.00 bits per heavy atom. The molecule has 4 rings (SSSR count). The molecule has 17 heavy (non-hydrogen) atoms. The summed E-state index contributed by atoms with van der Waals surface area (Å²) in [7, 11) is 0. The van der Waals surface area contributed by atoms with Gasteiger partial charge in [0.2, 0.25) is 0 Å². The molecule has 0 spiro atoms. The first-order valence-corrected chi connectivity index (χ1v) is 6.66. The van der Waals surface area contributed by atoms with E-state index >= 15 is 0 Å². The van der Waals surface area contributed by atoms with Crippen LogP contribution in [0.25, 0.3) is 5.57 Å². The van der Waals surface area contributed by atoms with Crippen molar-refractivity contribution < 1.29 is 4.79 Å². The van der Waals surface area contributed by atoms with Crippen LogP contribution in [0.4, 0.5) is 0 Å². The molecule has 0 radical (unpaired) electrons. The van der Waals surface area contributed by atoms with Gasteiger partial charge in [0.15, 0.2) is 5.78 Å². The Morgan fingerprint density at radius 3 is 2.53 bits per heavy atom. The van der Waals surface area contributed by atoms with Crippen LogP contribution >= 0.6 is 0 Å². The highest BCUT2D eigenvalue weighted by Gasteiger charge is 2.53. The molecule has 0 unspecified atom stereocenters. The molecular weight excluding hydrogens is 208 g/mol. The standard InChI is InChI=1S/C16H16O/c17-16-14(10-4-2-1-3-5-10)9-13-11-6-7-12(8-11)15(13)16/h1-5,9,11-13,15H,6-8H2/t11-,12+,13-,15+/m1/s1. The third-order valence-electron chi connectivity index (χ3n) is 4.99. The zero-order valence-corrected chi connectivity index (χ0v) is 9.80. The number of ketones is 1. The number of fused-ring (bicyclic) bond motifs is 5. The number of carbonyl (C=O) groups excluding carboxylic acids is 1. The van der Waals surface area contributed by atoms with Crippen LogP contribution < -0.4 is 0 Å². The molecule has 2 fully saturated rings. The first-order chi connectivity index (χ1) is 8.34. The molecule has 0 saturated heterocycles. The number of Topliss-reactive ketones (excluding diaryl/α,β-unsaturated/α-hetero) is 1. The van der Waals surface area contributed by atoms with Gasteiger partial charge in [0.05, 0.1) is 0 Å². The van der Waals surface area contributed by atoms with Gasteiger partial charge in [-0.25, -0.2) is 0 Å². The van der Waals surface area contributed by atoms with Crippen molar-refractivity contribution in [3.05, 3.63) is 42.0 Å². The largest absolute Gasteiger partial charge is 0.294 e. The Kier molecular flexibility index (Phi) is 1.88. The zero-order valence-electron chi connectivity index (χ0n) is 9.80. The van der Waals surface area contributed by atoms with Crippen molar-refractivity contribution in [3.63, 3.8) is 0 Å². The average molecular weight is 224 g/mol. The lowest BCUT2D eigenvalue weighted by molar-refractivity contribution is -0.118. The summed E-state index contributed by atoms with van der Waals surface area (Å²) in [5.41, 5.74) is 2.11. The predicted octanol–water partition coefficient (Wildman–Crippen LogP) is 3.32. The summed E-state index contributed by atoms with van der Waals surface area (Å²) in [5, 5.41) is 0. The third kappa shape index (κ3) is 1.23. The third-order valence-corrected chi connectivity index (χ3v) is 4.99. The Morgan fingerprint density at radius 2 is 1.76 bits per heavy atom. The molecule has 0 aliphatic heterocycles. The second kappa shape index (κ2) is 3.32. The zero-order chi connectivity index (χ0) is 11.4. The predicted molar refractivity (Wildman–Crippen MR) is 67.2 cm³/mol. The van der Waals surface area contributed by atoms with Crippen LogP contribution in [0.1, 0.15) is 24.8 Å². The van der Waals surface area contributed by atoms with Crippen molar-refractivity contribution in [2.45, 2.75) is 19.3 Å². The van der Waals surface area contributed by atoms with E-state index < -0.39 is 0 Å². The summed E-state index contributed by atoms with van der Waals surface area (Å²) in [4.78, 5) is 12.5. The van der Waals surface area contributed by atoms with Crippen LogP contribution in [0, 0.1) is 23.7 Å². The minimum Gasteiger partial charge on any atom is -0.294 e. The lowest BCUT2D eigenvalue weighted by Gasteiger charge is -2.22. The molecule has 0 amide bonds. The van der Waals surface area contributed by atoms with Gasteiger partial charge in [-0.1, -0.05) is 36.4 Å². The van der Waals surface area contributed by atoms with Gasteiger partial charge < -0.3 is 0 Å². The molecule has 2 saturated carbocycles. The molecule has 0 heterocycles. The lowest BCUT2D eigenvalue weighted by atomic mass is 9.81. The van der Waals surface area contributed by atoms with Gasteiger partial charge >= 0.3 is 0 Å². The average Bonchev–Trinajstić information content (AvgIpc) is 3.03. The SMILES string of the molecule is O=C1C(c2ccccc2)=C[C@@H]2[C@@H]3CC[C@@H](C3)[C@H]12. The van der Waals surface area contributed by atoms with E-state index in [9.17, 15) is 4.79 Å².